The number of aromatic nitrogens is 2. The van der Waals surface area contributed by atoms with Gasteiger partial charge >= 0.3 is 0 Å². The van der Waals surface area contributed by atoms with Crippen molar-refractivity contribution in [3.63, 3.8) is 0 Å². The van der Waals surface area contributed by atoms with Crippen LogP contribution in [0.3, 0.4) is 0 Å². The van der Waals surface area contributed by atoms with Crippen LogP contribution in [0.15, 0.2) is 112 Å². The van der Waals surface area contributed by atoms with Crippen molar-refractivity contribution in [1.82, 2.24) is 18.6 Å². The van der Waals surface area contributed by atoms with Crippen LogP contribution in [0.25, 0.3) is 0 Å². The van der Waals surface area contributed by atoms with Crippen molar-refractivity contribution in [1.29, 1.82) is 0 Å². The first-order valence-corrected chi connectivity index (χ1v) is 25.8. The molecule has 0 saturated carbocycles. The van der Waals surface area contributed by atoms with Crippen LogP contribution in [0, 0.1) is 34.1 Å². The van der Waals surface area contributed by atoms with E-state index in [2.05, 4.69) is 83.8 Å². The highest BCUT2D eigenvalue weighted by molar-refractivity contribution is 7.89. The fourth-order valence-corrected chi connectivity index (χ4v) is 12.3. The number of hydrogen-bond donors (Lipinski definition) is 0. The van der Waals surface area contributed by atoms with Crippen molar-refractivity contribution in [2.45, 2.75) is 56.2 Å². The lowest BCUT2D eigenvalue weighted by atomic mass is 9.99. The Kier molecular flexibility index (Phi) is 15.1. The van der Waals surface area contributed by atoms with Crippen LogP contribution in [-0.4, -0.2) is 97.6 Å². The predicted molar refractivity (Wildman–Crippen MR) is 254 cm³/mol. The average Bonchev–Trinajstić information content (AvgIpc) is 3.99. The van der Waals surface area contributed by atoms with Gasteiger partial charge in [0.1, 0.15) is 0 Å². The minimum atomic E-state index is -3.69. The first-order valence-electron chi connectivity index (χ1n) is 21.1. The number of hydrogen-bond acceptors (Lipinski definition) is 14. The number of nitro groups is 2. The highest BCUT2D eigenvalue weighted by Gasteiger charge is 2.31. The molecule has 4 heterocycles. The standard InChI is InChI=1S/C23H26N4O4S2.C22H24N4O4S2/c1-2-3-18-4-6-19(7-5-18)16-20-17-32-23(24-20)25-12-14-26(15-13-25)33(30,31)22-10-8-21(9-11-22)27(28)29;1-16-4-3-5-17(2)21(16)14-18-15-31-22(23-18)24-10-12-25(13-11-24)32(29,30)20-8-6-19(7-9-20)26(27)28/h4-11,17H,2-3,12-16H2,1H3;3-9,15H,10-14H2,1-2H3. The largest absolute Gasteiger partial charge is 0.345 e. The van der Waals surface area contributed by atoms with Gasteiger partial charge in [-0.3, -0.25) is 20.2 Å². The number of rotatable bonds is 14. The van der Waals surface area contributed by atoms with Crippen molar-refractivity contribution in [3.8, 4) is 0 Å². The molecule has 65 heavy (non-hydrogen) atoms. The molecule has 2 aliphatic heterocycles. The molecule has 6 aromatic rings. The molecule has 2 aromatic heterocycles. The molecule has 0 radical (unpaired) electrons. The number of nitrogens with zero attached hydrogens (tertiary/aromatic N) is 8. The summed E-state index contributed by atoms with van der Waals surface area (Å²) < 4.78 is 54.5. The maximum Gasteiger partial charge on any atom is 0.269 e. The summed E-state index contributed by atoms with van der Waals surface area (Å²) in [4.78, 5) is 34.5. The summed E-state index contributed by atoms with van der Waals surface area (Å²) in [7, 11) is -7.37. The molecule has 342 valence electrons. The molecule has 0 spiro atoms. The van der Waals surface area contributed by atoms with E-state index in [4.69, 9.17) is 9.97 Å². The summed E-state index contributed by atoms with van der Waals surface area (Å²) in [5.74, 6) is 0. The van der Waals surface area contributed by atoms with E-state index in [1.165, 1.54) is 85.0 Å². The van der Waals surface area contributed by atoms with E-state index in [1.54, 1.807) is 22.7 Å². The van der Waals surface area contributed by atoms with Gasteiger partial charge in [0, 0.05) is 100 Å². The first-order chi connectivity index (χ1) is 31.1. The molecule has 0 amide bonds. The number of thiazole rings is 2. The molecule has 4 aromatic carbocycles. The van der Waals surface area contributed by atoms with Gasteiger partial charge in [0.25, 0.3) is 11.4 Å². The summed E-state index contributed by atoms with van der Waals surface area (Å²) >= 11 is 3.16. The van der Waals surface area contributed by atoms with Crippen molar-refractivity contribution in [2.24, 2.45) is 0 Å². The van der Waals surface area contributed by atoms with Gasteiger partial charge < -0.3 is 9.80 Å². The van der Waals surface area contributed by atoms with Crippen molar-refractivity contribution in [2.75, 3.05) is 62.2 Å². The smallest absolute Gasteiger partial charge is 0.269 e. The molecule has 20 heteroatoms. The van der Waals surface area contributed by atoms with Gasteiger partial charge in [0.2, 0.25) is 20.0 Å². The molecular formula is C45H50N8O8S4. The molecule has 2 aliphatic rings. The molecule has 0 aliphatic carbocycles. The zero-order valence-corrected chi connectivity index (χ0v) is 39.5. The van der Waals surface area contributed by atoms with Gasteiger partial charge in [-0.05, 0) is 72.4 Å². The van der Waals surface area contributed by atoms with E-state index in [1.807, 2.05) is 0 Å². The Labute approximate surface area is 387 Å². The van der Waals surface area contributed by atoms with Gasteiger partial charge in [-0.15, -0.1) is 22.7 Å². The van der Waals surface area contributed by atoms with E-state index < -0.39 is 29.9 Å². The molecular weight excluding hydrogens is 909 g/mol. The van der Waals surface area contributed by atoms with Crippen molar-refractivity contribution >= 4 is 64.4 Å². The number of sulfonamides is 2. The van der Waals surface area contributed by atoms with Crippen LogP contribution in [-0.2, 0) is 39.3 Å². The van der Waals surface area contributed by atoms with E-state index in [0.29, 0.717) is 52.4 Å². The van der Waals surface area contributed by atoms with E-state index >= 15 is 0 Å². The van der Waals surface area contributed by atoms with E-state index in [0.717, 1.165) is 47.3 Å². The van der Waals surface area contributed by atoms with Crippen LogP contribution in [0.2, 0.25) is 0 Å². The quantitative estimate of drug-likeness (QED) is 0.0759. The van der Waals surface area contributed by atoms with Gasteiger partial charge in [0.05, 0.1) is 31.0 Å². The molecule has 0 atom stereocenters. The lowest BCUT2D eigenvalue weighted by Crippen LogP contribution is -2.48. The third-order valence-corrected chi connectivity index (χ3v) is 17.1. The number of non-ortho nitro benzene ring substituents is 2. The summed E-state index contributed by atoms with van der Waals surface area (Å²) in [6, 6.07) is 25.0. The van der Waals surface area contributed by atoms with Gasteiger partial charge in [-0.25, -0.2) is 26.8 Å². The zero-order valence-electron chi connectivity index (χ0n) is 36.3. The second-order valence-corrected chi connectivity index (χ2v) is 21.4. The minimum absolute atomic E-state index is 0.0710. The number of aryl methyl sites for hydroxylation is 3. The highest BCUT2D eigenvalue weighted by Crippen LogP contribution is 2.29. The van der Waals surface area contributed by atoms with E-state index in [9.17, 15) is 37.1 Å². The fraction of sp³-hybridized carbons (Fsp3) is 0.333. The molecule has 8 rings (SSSR count). The molecule has 2 fully saturated rings. The monoisotopic (exact) mass is 958 g/mol. The Morgan fingerprint density at radius 3 is 1.37 bits per heavy atom. The summed E-state index contributed by atoms with van der Waals surface area (Å²) in [6.45, 7) is 9.94. The molecule has 0 unspecified atom stereocenters. The normalized spacial score (nSPS) is 15.1. The lowest BCUT2D eigenvalue weighted by molar-refractivity contribution is -0.385. The fourth-order valence-electron chi connectivity index (χ4n) is 7.69. The summed E-state index contributed by atoms with van der Waals surface area (Å²) in [5.41, 5.74) is 8.15. The molecule has 2 saturated heterocycles. The van der Waals surface area contributed by atoms with Crippen LogP contribution in [0.1, 0.15) is 52.5 Å². The summed E-state index contributed by atoms with van der Waals surface area (Å²) in [6.07, 6.45) is 3.78. The Hall–Kier alpha value is -5.64. The maximum atomic E-state index is 12.9. The number of piperazine rings is 2. The van der Waals surface area contributed by atoms with Gasteiger partial charge in [0.15, 0.2) is 10.3 Å². The predicted octanol–water partition coefficient (Wildman–Crippen LogP) is 7.88. The average molecular weight is 959 g/mol. The third-order valence-electron chi connectivity index (χ3n) is 11.4. The van der Waals surface area contributed by atoms with Crippen LogP contribution < -0.4 is 9.80 Å². The SMILES string of the molecule is CCCc1ccc(Cc2csc(N3CCN(S(=O)(=O)c4ccc([N+](=O)[O-])cc4)CC3)n2)cc1.Cc1cccc(C)c1Cc1csc(N2CCN(S(=O)(=O)c3ccc([N+](=O)[O-])cc3)CC2)n1. The molecule has 16 nitrogen and oxygen atoms in total. The topological polar surface area (TPSA) is 193 Å². The zero-order chi connectivity index (χ0) is 46.3. The number of anilines is 2. The highest BCUT2D eigenvalue weighted by atomic mass is 32.2. The van der Waals surface area contributed by atoms with Crippen LogP contribution in [0.4, 0.5) is 21.6 Å². The first kappa shape index (κ1) is 47.3. The van der Waals surface area contributed by atoms with Crippen molar-refractivity contribution in [3.05, 3.63) is 161 Å². The second kappa shape index (κ2) is 20.7. The number of nitro benzene ring substituents is 2. The lowest BCUT2D eigenvalue weighted by Gasteiger charge is -2.33. The summed E-state index contributed by atoms with van der Waals surface area (Å²) in [5, 5.41) is 27.6. The van der Waals surface area contributed by atoms with Crippen LogP contribution in [0.5, 0.6) is 0 Å². The Morgan fingerprint density at radius 2 is 0.969 bits per heavy atom. The number of benzene rings is 4. The second-order valence-electron chi connectivity index (χ2n) is 15.8. The van der Waals surface area contributed by atoms with Crippen molar-refractivity contribution < 1.29 is 26.7 Å². The molecule has 0 N–H and O–H groups in total. The van der Waals surface area contributed by atoms with Crippen LogP contribution >= 0.6 is 22.7 Å². The van der Waals surface area contributed by atoms with Gasteiger partial charge in [-0.2, -0.15) is 8.61 Å². The third kappa shape index (κ3) is 11.4. The Bertz CT molecular complexity index is 2800. The van der Waals surface area contributed by atoms with Gasteiger partial charge in [-0.1, -0.05) is 55.8 Å². The van der Waals surface area contributed by atoms with E-state index in [-0.39, 0.29) is 21.2 Å². The Morgan fingerprint density at radius 1 is 0.569 bits per heavy atom. The Balaban J connectivity index is 0.000000194. The molecule has 0 bridgehead atoms. The minimum Gasteiger partial charge on any atom is -0.345 e. The maximum absolute atomic E-state index is 12.9.